The topological polar surface area (TPSA) is 101 Å². The lowest BCUT2D eigenvalue weighted by molar-refractivity contribution is 0.0935. The normalized spacial score (nSPS) is 17.7. The highest BCUT2D eigenvalue weighted by Crippen LogP contribution is 2.37. The van der Waals surface area contributed by atoms with Gasteiger partial charge in [-0.1, -0.05) is 29.8 Å². The molecular weight excluding hydrogens is 328 g/mol. The number of halogens is 1. The average molecular weight is 339 g/mol. The summed E-state index contributed by atoms with van der Waals surface area (Å²) in [6.07, 6.45) is -1.20. The van der Waals surface area contributed by atoms with E-state index in [4.69, 9.17) is 16.7 Å². The van der Waals surface area contributed by atoms with Crippen LogP contribution in [0.5, 0.6) is 0 Å². The number of hydrogen-bond donors (Lipinski definition) is 2. The fraction of sp³-hybridized carbons (Fsp3) is 0.0714. The summed E-state index contributed by atoms with van der Waals surface area (Å²) in [5.74, 6) is -0.425. The number of primary sulfonamides is 1. The first-order chi connectivity index (χ1) is 10.3. The first-order valence-electron chi connectivity index (χ1n) is 6.23. The minimum atomic E-state index is -4.04. The number of anilines is 1. The zero-order valence-electron chi connectivity index (χ0n) is 11.1. The molecule has 0 aliphatic carbocycles. The van der Waals surface area contributed by atoms with Gasteiger partial charge in [-0.15, -0.1) is 0 Å². The van der Waals surface area contributed by atoms with Crippen molar-refractivity contribution < 1.29 is 18.3 Å². The molecule has 0 radical (unpaired) electrons. The standard InChI is InChI=1S/C14H11ClN2O4S/c15-11-6-5-8(7-12(11)22(16,20)21)17-13(18)9-3-1-2-4-10(9)14(17)19/h1-7,13,18H,(H2,16,20,21). The summed E-state index contributed by atoms with van der Waals surface area (Å²) >= 11 is 5.82. The highest BCUT2D eigenvalue weighted by molar-refractivity contribution is 7.89. The fourth-order valence-corrected chi connectivity index (χ4v) is 3.48. The Bertz CT molecular complexity index is 882. The van der Waals surface area contributed by atoms with Crippen LogP contribution in [-0.2, 0) is 10.0 Å². The molecule has 3 rings (SSSR count). The van der Waals surface area contributed by atoms with Gasteiger partial charge in [-0.3, -0.25) is 9.69 Å². The smallest absolute Gasteiger partial charge is 0.261 e. The maximum atomic E-state index is 12.4. The van der Waals surface area contributed by atoms with Gasteiger partial charge in [-0.2, -0.15) is 0 Å². The number of carbonyl (C=O) groups excluding carboxylic acids is 1. The molecule has 2 aromatic rings. The SMILES string of the molecule is NS(=O)(=O)c1cc(N2C(=O)c3ccccc3C2O)ccc1Cl. The lowest BCUT2D eigenvalue weighted by Gasteiger charge is -2.21. The number of aliphatic hydroxyl groups excluding tert-OH is 1. The molecule has 22 heavy (non-hydrogen) atoms. The van der Waals surface area contributed by atoms with Crippen molar-refractivity contribution in [2.75, 3.05) is 4.90 Å². The molecule has 0 fully saturated rings. The highest BCUT2D eigenvalue weighted by atomic mass is 35.5. The minimum Gasteiger partial charge on any atom is -0.369 e. The van der Waals surface area contributed by atoms with Crippen LogP contribution in [0.1, 0.15) is 22.1 Å². The first-order valence-corrected chi connectivity index (χ1v) is 8.16. The van der Waals surface area contributed by atoms with E-state index in [1.807, 2.05) is 0 Å². The van der Waals surface area contributed by atoms with Gasteiger partial charge in [0.05, 0.1) is 5.02 Å². The first kappa shape index (κ1) is 15.0. The molecule has 0 saturated heterocycles. The molecule has 8 heteroatoms. The molecule has 6 nitrogen and oxygen atoms in total. The largest absolute Gasteiger partial charge is 0.369 e. The predicted octanol–water partition coefficient (Wildman–Crippen LogP) is 1.64. The summed E-state index contributed by atoms with van der Waals surface area (Å²) in [6, 6.07) is 10.6. The Morgan fingerprint density at radius 2 is 1.86 bits per heavy atom. The van der Waals surface area contributed by atoms with Crippen LogP contribution in [0.4, 0.5) is 5.69 Å². The quantitative estimate of drug-likeness (QED) is 0.869. The highest BCUT2D eigenvalue weighted by Gasteiger charge is 2.36. The zero-order chi connectivity index (χ0) is 16.1. The zero-order valence-corrected chi connectivity index (χ0v) is 12.7. The number of nitrogens with zero attached hydrogens (tertiary/aromatic N) is 1. The Hall–Kier alpha value is -1.93. The second-order valence-electron chi connectivity index (χ2n) is 4.80. The van der Waals surface area contributed by atoms with Gasteiger partial charge in [-0.05, 0) is 24.3 Å². The molecule has 3 N–H and O–H groups in total. The Labute approximate surface area is 131 Å². The lowest BCUT2D eigenvalue weighted by atomic mass is 10.1. The van der Waals surface area contributed by atoms with Crippen LogP contribution in [0, 0.1) is 0 Å². The van der Waals surface area contributed by atoms with Crippen LogP contribution in [0.2, 0.25) is 5.02 Å². The Kier molecular flexibility index (Phi) is 3.45. The van der Waals surface area contributed by atoms with Crippen molar-refractivity contribution in [2.24, 2.45) is 5.14 Å². The van der Waals surface area contributed by atoms with Crippen LogP contribution in [0.25, 0.3) is 0 Å². The molecule has 1 aliphatic heterocycles. The number of aliphatic hydroxyl groups is 1. The van der Waals surface area contributed by atoms with E-state index < -0.39 is 22.2 Å². The molecule has 1 amide bonds. The van der Waals surface area contributed by atoms with Crippen molar-refractivity contribution in [3.8, 4) is 0 Å². The van der Waals surface area contributed by atoms with Crippen molar-refractivity contribution in [3.05, 3.63) is 58.6 Å². The minimum absolute atomic E-state index is 0.0510. The van der Waals surface area contributed by atoms with Crippen LogP contribution >= 0.6 is 11.6 Å². The maximum Gasteiger partial charge on any atom is 0.261 e. The van der Waals surface area contributed by atoms with Gasteiger partial charge >= 0.3 is 0 Å². The third-order valence-electron chi connectivity index (χ3n) is 3.43. The molecule has 0 aromatic heterocycles. The van der Waals surface area contributed by atoms with E-state index in [1.54, 1.807) is 24.3 Å². The van der Waals surface area contributed by atoms with Crippen LogP contribution < -0.4 is 10.0 Å². The van der Waals surface area contributed by atoms with E-state index in [0.29, 0.717) is 11.1 Å². The summed E-state index contributed by atoms with van der Waals surface area (Å²) in [4.78, 5) is 13.2. The maximum absolute atomic E-state index is 12.4. The van der Waals surface area contributed by atoms with Gasteiger partial charge in [-0.25, -0.2) is 13.6 Å². The van der Waals surface area contributed by atoms with Gasteiger partial charge in [0.2, 0.25) is 10.0 Å². The Balaban J connectivity index is 2.13. The number of hydrogen-bond acceptors (Lipinski definition) is 4. The van der Waals surface area contributed by atoms with E-state index in [9.17, 15) is 18.3 Å². The average Bonchev–Trinajstić information content (AvgIpc) is 2.71. The van der Waals surface area contributed by atoms with E-state index in [1.165, 1.54) is 18.2 Å². The Morgan fingerprint density at radius 3 is 2.50 bits per heavy atom. The summed E-state index contributed by atoms with van der Waals surface area (Å²) in [6.45, 7) is 0. The van der Waals surface area contributed by atoms with Crippen LogP contribution in [0.3, 0.4) is 0 Å². The van der Waals surface area contributed by atoms with Crippen LogP contribution in [-0.4, -0.2) is 19.4 Å². The summed E-state index contributed by atoms with van der Waals surface area (Å²) in [5.41, 5.74) is 1.02. The summed E-state index contributed by atoms with van der Waals surface area (Å²) in [5, 5.41) is 15.4. The Morgan fingerprint density at radius 1 is 1.18 bits per heavy atom. The van der Waals surface area contributed by atoms with Gasteiger partial charge in [0.25, 0.3) is 5.91 Å². The molecule has 2 aromatic carbocycles. The van der Waals surface area contributed by atoms with Crippen LogP contribution in [0.15, 0.2) is 47.4 Å². The third kappa shape index (κ3) is 2.28. The van der Waals surface area contributed by atoms with E-state index in [2.05, 4.69) is 0 Å². The number of amides is 1. The van der Waals surface area contributed by atoms with Gasteiger partial charge in [0, 0.05) is 16.8 Å². The number of rotatable bonds is 2. The van der Waals surface area contributed by atoms with Gasteiger partial charge in [0.1, 0.15) is 4.90 Å². The number of benzene rings is 2. The van der Waals surface area contributed by atoms with E-state index in [-0.39, 0.29) is 15.6 Å². The van der Waals surface area contributed by atoms with Crippen molar-refractivity contribution in [2.45, 2.75) is 11.1 Å². The summed E-state index contributed by atoms with van der Waals surface area (Å²) in [7, 11) is -4.04. The molecule has 1 aliphatic rings. The molecule has 0 saturated carbocycles. The summed E-state index contributed by atoms with van der Waals surface area (Å²) < 4.78 is 23.1. The van der Waals surface area contributed by atoms with E-state index in [0.717, 1.165) is 4.90 Å². The number of sulfonamides is 1. The van der Waals surface area contributed by atoms with Crippen molar-refractivity contribution in [3.63, 3.8) is 0 Å². The second kappa shape index (κ2) is 5.06. The molecule has 1 unspecified atom stereocenters. The van der Waals surface area contributed by atoms with Gasteiger partial charge < -0.3 is 5.11 Å². The van der Waals surface area contributed by atoms with Crippen molar-refractivity contribution >= 4 is 33.2 Å². The number of nitrogens with two attached hydrogens (primary N) is 1. The number of fused-ring (bicyclic) bond motifs is 1. The molecule has 0 spiro atoms. The predicted molar refractivity (Wildman–Crippen MR) is 81.0 cm³/mol. The van der Waals surface area contributed by atoms with Crippen molar-refractivity contribution in [1.82, 2.24) is 0 Å². The third-order valence-corrected chi connectivity index (χ3v) is 4.82. The molecule has 1 atom stereocenters. The second-order valence-corrected chi connectivity index (χ2v) is 6.73. The van der Waals surface area contributed by atoms with E-state index >= 15 is 0 Å². The van der Waals surface area contributed by atoms with Crippen molar-refractivity contribution in [1.29, 1.82) is 0 Å². The monoisotopic (exact) mass is 338 g/mol. The molecular formula is C14H11ClN2O4S. The number of carbonyl (C=O) groups is 1. The molecule has 0 bridgehead atoms. The molecule has 1 heterocycles. The fourth-order valence-electron chi connectivity index (χ4n) is 2.42. The lowest BCUT2D eigenvalue weighted by Crippen LogP contribution is -2.28. The molecule has 114 valence electrons. The van der Waals surface area contributed by atoms with Gasteiger partial charge in [0.15, 0.2) is 6.23 Å².